The molecule has 30 heavy (non-hydrogen) atoms. The maximum atomic E-state index is 12.8. The monoisotopic (exact) mass is 449 g/mol. The van der Waals surface area contributed by atoms with E-state index in [9.17, 15) is 13.2 Å². The van der Waals surface area contributed by atoms with E-state index in [4.69, 9.17) is 4.74 Å². The second kappa shape index (κ2) is 9.80. The number of hydrogen-bond acceptors (Lipinski definition) is 6. The highest BCUT2D eigenvalue weighted by atomic mass is 32.2. The van der Waals surface area contributed by atoms with Crippen LogP contribution in [0.5, 0.6) is 5.75 Å². The normalized spacial score (nSPS) is 15.2. The maximum Gasteiger partial charge on any atom is 0.256 e. The SMILES string of the molecule is COc1ccc(S(=O)(=O)NCC2CCN(C(=O)c3cccnc3SC)CC2)c(C)c1. The van der Waals surface area contributed by atoms with Crippen molar-refractivity contribution in [3.8, 4) is 5.75 Å². The summed E-state index contributed by atoms with van der Waals surface area (Å²) in [4.78, 5) is 19.2. The smallest absolute Gasteiger partial charge is 0.256 e. The lowest BCUT2D eigenvalue weighted by atomic mass is 9.97. The zero-order chi connectivity index (χ0) is 21.7. The lowest BCUT2D eigenvalue weighted by Crippen LogP contribution is -2.41. The summed E-state index contributed by atoms with van der Waals surface area (Å²) in [5.74, 6) is 0.804. The molecule has 1 aliphatic rings. The molecule has 1 N–H and O–H groups in total. The van der Waals surface area contributed by atoms with Crippen LogP contribution in [-0.2, 0) is 10.0 Å². The summed E-state index contributed by atoms with van der Waals surface area (Å²) in [5.41, 5.74) is 1.27. The second-order valence-electron chi connectivity index (χ2n) is 7.28. The molecule has 0 aliphatic carbocycles. The number of thioether (sulfide) groups is 1. The molecule has 0 saturated carbocycles. The number of ether oxygens (including phenoxy) is 1. The number of hydrogen-bond donors (Lipinski definition) is 1. The number of rotatable bonds is 7. The molecule has 9 heteroatoms. The molecule has 1 aliphatic heterocycles. The number of likely N-dealkylation sites (tertiary alicyclic amines) is 1. The van der Waals surface area contributed by atoms with Gasteiger partial charge < -0.3 is 9.64 Å². The van der Waals surface area contributed by atoms with Crippen molar-refractivity contribution in [2.24, 2.45) is 5.92 Å². The van der Waals surface area contributed by atoms with Crippen molar-refractivity contribution in [1.29, 1.82) is 0 Å². The number of pyridine rings is 1. The summed E-state index contributed by atoms with van der Waals surface area (Å²) in [7, 11) is -2.04. The van der Waals surface area contributed by atoms with Crippen LogP contribution in [0.3, 0.4) is 0 Å². The number of sulfonamides is 1. The van der Waals surface area contributed by atoms with Gasteiger partial charge in [-0.15, -0.1) is 11.8 Å². The van der Waals surface area contributed by atoms with Crippen LogP contribution in [0.25, 0.3) is 0 Å². The highest BCUT2D eigenvalue weighted by Gasteiger charge is 2.26. The van der Waals surface area contributed by atoms with Crippen LogP contribution in [-0.4, -0.2) is 57.2 Å². The first-order chi connectivity index (χ1) is 14.4. The van der Waals surface area contributed by atoms with Crippen molar-refractivity contribution in [3.63, 3.8) is 0 Å². The molecular weight excluding hydrogens is 422 g/mol. The molecule has 0 radical (unpaired) electrons. The molecule has 0 bridgehead atoms. The highest BCUT2D eigenvalue weighted by Crippen LogP contribution is 2.24. The Kier molecular flexibility index (Phi) is 7.38. The summed E-state index contributed by atoms with van der Waals surface area (Å²) in [6.07, 6.45) is 5.10. The van der Waals surface area contributed by atoms with Crippen LogP contribution in [0.4, 0.5) is 0 Å². The van der Waals surface area contributed by atoms with Crippen LogP contribution in [0, 0.1) is 12.8 Å². The van der Waals surface area contributed by atoms with Crippen molar-refractivity contribution < 1.29 is 17.9 Å². The van der Waals surface area contributed by atoms with E-state index >= 15 is 0 Å². The number of piperidine rings is 1. The molecule has 3 rings (SSSR count). The number of nitrogens with zero attached hydrogens (tertiary/aromatic N) is 2. The van der Waals surface area contributed by atoms with E-state index < -0.39 is 10.0 Å². The standard InChI is InChI=1S/C21H27N3O4S2/c1-15-13-17(28-2)6-7-19(15)30(26,27)23-14-16-8-11-24(12-9-16)21(25)18-5-4-10-22-20(18)29-3/h4-7,10,13,16,23H,8-9,11-12,14H2,1-3H3. The summed E-state index contributed by atoms with van der Waals surface area (Å²) in [6.45, 7) is 3.33. The van der Waals surface area contributed by atoms with Crippen molar-refractivity contribution in [2.75, 3.05) is 33.0 Å². The van der Waals surface area contributed by atoms with E-state index in [-0.39, 0.29) is 16.7 Å². The van der Waals surface area contributed by atoms with Gasteiger partial charge in [0, 0.05) is 25.8 Å². The first kappa shape index (κ1) is 22.6. The van der Waals surface area contributed by atoms with E-state index in [1.54, 1.807) is 50.6 Å². The number of carbonyl (C=O) groups excluding carboxylic acids is 1. The van der Waals surface area contributed by atoms with Gasteiger partial charge in [-0.1, -0.05) is 0 Å². The fraction of sp³-hybridized carbons (Fsp3) is 0.429. The average molecular weight is 450 g/mol. The molecule has 162 valence electrons. The largest absolute Gasteiger partial charge is 0.497 e. The van der Waals surface area contributed by atoms with Crippen molar-refractivity contribution in [3.05, 3.63) is 47.7 Å². The molecule has 0 spiro atoms. The molecule has 0 unspecified atom stereocenters. The molecule has 1 aromatic carbocycles. The Bertz CT molecular complexity index is 1000. The molecule has 1 amide bonds. The van der Waals surface area contributed by atoms with E-state index in [0.29, 0.717) is 36.5 Å². The number of benzene rings is 1. The predicted octanol–water partition coefficient (Wildman–Crippen LogP) is 2.95. The minimum absolute atomic E-state index is 0.0136. The van der Waals surface area contributed by atoms with E-state index in [0.717, 1.165) is 17.9 Å². The molecule has 2 aromatic rings. The quantitative estimate of drug-likeness (QED) is 0.654. The molecule has 1 aromatic heterocycles. The van der Waals surface area contributed by atoms with Gasteiger partial charge >= 0.3 is 0 Å². The Morgan fingerprint density at radius 3 is 2.67 bits per heavy atom. The molecule has 1 fully saturated rings. The molecular formula is C21H27N3O4S2. The van der Waals surface area contributed by atoms with Crippen molar-refractivity contribution >= 4 is 27.7 Å². The molecule has 1 saturated heterocycles. The van der Waals surface area contributed by atoms with E-state index in [1.807, 2.05) is 11.2 Å². The van der Waals surface area contributed by atoms with E-state index in [1.165, 1.54) is 11.8 Å². The van der Waals surface area contributed by atoms with Gasteiger partial charge in [0.15, 0.2) is 0 Å². The Hall–Kier alpha value is -2.10. The van der Waals surface area contributed by atoms with E-state index in [2.05, 4.69) is 9.71 Å². The minimum Gasteiger partial charge on any atom is -0.497 e. The third kappa shape index (κ3) is 5.14. The van der Waals surface area contributed by atoms with Crippen molar-refractivity contribution in [1.82, 2.24) is 14.6 Å². The van der Waals surface area contributed by atoms with Gasteiger partial charge in [-0.2, -0.15) is 0 Å². The van der Waals surface area contributed by atoms with Crippen LogP contribution in [0.2, 0.25) is 0 Å². The fourth-order valence-corrected chi connectivity index (χ4v) is 5.46. The Labute approximate surface area is 182 Å². The number of amides is 1. The summed E-state index contributed by atoms with van der Waals surface area (Å²) in [6, 6.07) is 8.50. The Morgan fingerprint density at radius 2 is 2.03 bits per heavy atom. The lowest BCUT2D eigenvalue weighted by molar-refractivity contribution is 0.0687. The number of aromatic nitrogens is 1. The molecule has 2 heterocycles. The number of nitrogens with one attached hydrogen (secondary N) is 1. The highest BCUT2D eigenvalue weighted by molar-refractivity contribution is 7.98. The van der Waals surface area contributed by atoms with Crippen LogP contribution < -0.4 is 9.46 Å². The van der Waals surface area contributed by atoms with Gasteiger partial charge in [-0.3, -0.25) is 4.79 Å². The summed E-state index contributed by atoms with van der Waals surface area (Å²) in [5, 5.41) is 0.729. The first-order valence-electron chi connectivity index (χ1n) is 9.78. The van der Waals surface area contributed by atoms with Crippen LogP contribution >= 0.6 is 11.8 Å². The lowest BCUT2D eigenvalue weighted by Gasteiger charge is -2.32. The van der Waals surface area contributed by atoms with Gasteiger partial charge in [-0.05, 0) is 67.8 Å². The predicted molar refractivity (Wildman–Crippen MR) is 118 cm³/mol. The third-order valence-electron chi connectivity index (χ3n) is 5.33. The third-order valence-corrected chi connectivity index (χ3v) is 7.63. The minimum atomic E-state index is -3.59. The maximum absolute atomic E-state index is 12.8. The summed E-state index contributed by atoms with van der Waals surface area (Å²) < 4.78 is 33.3. The number of methoxy groups -OCH3 is 1. The second-order valence-corrected chi connectivity index (χ2v) is 9.81. The summed E-state index contributed by atoms with van der Waals surface area (Å²) >= 11 is 1.46. The molecule has 7 nitrogen and oxygen atoms in total. The zero-order valence-electron chi connectivity index (χ0n) is 17.4. The first-order valence-corrected chi connectivity index (χ1v) is 12.5. The van der Waals surface area contributed by atoms with Gasteiger partial charge in [0.1, 0.15) is 10.8 Å². The topological polar surface area (TPSA) is 88.6 Å². The fourth-order valence-electron chi connectivity index (χ4n) is 3.58. The Morgan fingerprint density at radius 1 is 1.30 bits per heavy atom. The zero-order valence-corrected chi connectivity index (χ0v) is 19.1. The molecule has 0 atom stereocenters. The van der Waals surface area contributed by atoms with Gasteiger partial charge in [0.2, 0.25) is 10.0 Å². The van der Waals surface area contributed by atoms with Crippen molar-refractivity contribution in [2.45, 2.75) is 29.7 Å². The number of carbonyl (C=O) groups is 1. The van der Waals surface area contributed by atoms with Gasteiger partial charge in [0.05, 0.1) is 17.6 Å². The average Bonchev–Trinajstić information content (AvgIpc) is 2.77. The van der Waals surface area contributed by atoms with Crippen LogP contribution in [0.15, 0.2) is 46.5 Å². The van der Waals surface area contributed by atoms with Gasteiger partial charge in [0.25, 0.3) is 5.91 Å². The Balaban J connectivity index is 1.56. The number of aryl methyl sites for hydroxylation is 1. The van der Waals surface area contributed by atoms with Gasteiger partial charge in [-0.25, -0.2) is 18.1 Å². The van der Waals surface area contributed by atoms with Crippen LogP contribution in [0.1, 0.15) is 28.8 Å².